The van der Waals surface area contributed by atoms with Crippen molar-refractivity contribution >= 4 is 0 Å². The van der Waals surface area contributed by atoms with Crippen molar-refractivity contribution in [2.75, 3.05) is 7.05 Å². The molecule has 0 fully saturated rings. The van der Waals surface area contributed by atoms with Crippen molar-refractivity contribution in [1.29, 1.82) is 0 Å². The number of hydrazine groups is 1. The van der Waals surface area contributed by atoms with Gasteiger partial charge in [0.1, 0.15) is 0 Å². The topological polar surface area (TPSA) is 29.3 Å². The van der Waals surface area contributed by atoms with E-state index in [2.05, 4.69) is 25.2 Å². The number of likely N-dealkylation sites (N-methyl/N-ethyl adjacent to an activating group) is 1. The maximum Gasteiger partial charge on any atom is 0.0455 e. The second-order valence-corrected chi connectivity index (χ2v) is 3.03. The van der Waals surface area contributed by atoms with Gasteiger partial charge >= 0.3 is 0 Å². The molecule has 62 valence electrons. The highest BCUT2D eigenvalue weighted by atomic mass is 15.4. The number of rotatable bonds is 2. The fourth-order valence-corrected chi connectivity index (χ4v) is 1.18. The third-order valence-corrected chi connectivity index (χ3v) is 2.12. The Balaban J connectivity index is 2.59. The molecule has 2 N–H and O–H groups in total. The quantitative estimate of drug-likeness (QED) is 0.479. The van der Waals surface area contributed by atoms with Crippen LogP contribution in [0.15, 0.2) is 23.8 Å². The lowest BCUT2D eigenvalue weighted by molar-refractivity contribution is 0.300. The molecule has 1 atom stereocenters. The van der Waals surface area contributed by atoms with Gasteiger partial charge in [-0.1, -0.05) is 18.2 Å². The zero-order valence-corrected chi connectivity index (χ0v) is 7.25. The van der Waals surface area contributed by atoms with E-state index in [4.69, 9.17) is 5.84 Å². The molecule has 0 aliphatic heterocycles. The summed E-state index contributed by atoms with van der Waals surface area (Å²) in [4.78, 5) is 0. The molecule has 2 heteroatoms. The largest absolute Gasteiger partial charge is 0.268 e. The number of nitrogens with zero attached hydrogens (tertiary/aromatic N) is 1. The maximum absolute atomic E-state index is 5.63. The third kappa shape index (κ3) is 2.17. The van der Waals surface area contributed by atoms with E-state index < -0.39 is 0 Å². The fraction of sp³-hybridized carbons (Fsp3) is 0.556. The monoisotopic (exact) mass is 152 g/mol. The van der Waals surface area contributed by atoms with Gasteiger partial charge in [-0.25, -0.2) is 5.01 Å². The summed E-state index contributed by atoms with van der Waals surface area (Å²) >= 11 is 0. The standard InChI is InChI=1S/C9H16N2/c1-8(11(2)10)9-6-4-3-5-7-9/h4,6-8H,3,5,10H2,1-2H3/t8-/m1/s1. The van der Waals surface area contributed by atoms with Crippen LogP contribution < -0.4 is 5.84 Å². The molecule has 11 heavy (non-hydrogen) atoms. The fourth-order valence-electron chi connectivity index (χ4n) is 1.18. The van der Waals surface area contributed by atoms with Crippen LogP contribution in [0.5, 0.6) is 0 Å². The molecule has 0 spiro atoms. The van der Waals surface area contributed by atoms with Gasteiger partial charge in [-0.3, -0.25) is 5.84 Å². The Kier molecular flexibility index (Phi) is 2.85. The van der Waals surface area contributed by atoms with Crippen LogP contribution in [-0.4, -0.2) is 18.1 Å². The van der Waals surface area contributed by atoms with Crippen LogP contribution in [0, 0.1) is 0 Å². The molecule has 0 saturated carbocycles. The van der Waals surface area contributed by atoms with Crippen LogP contribution in [0.2, 0.25) is 0 Å². The Labute approximate surface area is 68.3 Å². The van der Waals surface area contributed by atoms with Crippen LogP contribution in [0.25, 0.3) is 0 Å². The van der Waals surface area contributed by atoms with Gasteiger partial charge in [0.15, 0.2) is 0 Å². The Morgan fingerprint density at radius 2 is 2.27 bits per heavy atom. The van der Waals surface area contributed by atoms with Crippen LogP contribution in [0.3, 0.4) is 0 Å². The van der Waals surface area contributed by atoms with E-state index in [-0.39, 0.29) is 0 Å². The predicted molar refractivity (Wildman–Crippen MR) is 47.9 cm³/mol. The minimum absolute atomic E-state index is 0.339. The first-order valence-electron chi connectivity index (χ1n) is 4.06. The average molecular weight is 152 g/mol. The molecule has 0 aromatic heterocycles. The van der Waals surface area contributed by atoms with Crippen molar-refractivity contribution < 1.29 is 0 Å². The third-order valence-electron chi connectivity index (χ3n) is 2.12. The van der Waals surface area contributed by atoms with E-state index in [9.17, 15) is 0 Å². The Morgan fingerprint density at radius 3 is 2.73 bits per heavy atom. The minimum atomic E-state index is 0.339. The summed E-state index contributed by atoms with van der Waals surface area (Å²) in [5.41, 5.74) is 1.33. The molecule has 0 aromatic carbocycles. The average Bonchev–Trinajstić information content (AvgIpc) is 2.05. The lowest BCUT2D eigenvalue weighted by Crippen LogP contribution is -2.36. The van der Waals surface area contributed by atoms with Gasteiger partial charge in [0.2, 0.25) is 0 Å². The molecular formula is C9H16N2. The van der Waals surface area contributed by atoms with Gasteiger partial charge < -0.3 is 0 Å². The van der Waals surface area contributed by atoms with Gasteiger partial charge in [-0.05, 0) is 25.3 Å². The normalized spacial score (nSPS) is 20.2. The summed E-state index contributed by atoms with van der Waals surface area (Å²) in [5.74, 6) is 5.63. The molecule has 0 heterocycles. The van der Waals surface area contributed by atoms with Crippen LogP contribution in [0.1, 0.15) is 19.8 Å². The number of hydrogen-bond acceptors (Lipinski definition) is 2. The van der Waals surface area contributed by atoms with Gasteiger partial charge in [0.25, 0.3) is 0 Å². The van der Waals surface area contributed by atoms with Gasteiger partial charge in [0, 0.05) is 13.1 Å². The van der Waals surface area contributed by atoms with E-state index in [0.717, 1.165) is 6.42 Å². The molecule has 1 aliphatic carbocycles. The van der Waals surface area contributed by atoms with Crippen molar-refractivity contribution in [1.82, 2.24) is 5.01 Å². The Hall–Kier alpha value is -0.600. The summed E-state index contributed by atoms with van der Waals surface area (Å²) in [7, 11) is 1.90. The predicted octanol–water partition coefficient (Wildman–Crippen LogP) is 1.46. The van der Waals surface area contributed by atoms with Crippen molar-refractivity contribution in [3.05, 3.63) is 23.8 Å². The molecule has 2 nitrogen and oxygen atoms in total. The molecule has 1 rings (SSSR count). The molecule has 0 amide bonds. The highest BCUT2D eigenvalue weighted by Gasteiger charge is 2.09. The Bertz CT molecular complexity index is 180. The maximum atomic E-state index is 5.63. The van der Waals surface area contributed by atoms with Crippen molar-refractivity contribution in [2.45, 2.75) is 25.8 Å². The SMILES string of the molecule is C[C@H](C1=CCCC=C1)N(C)N. The molecule has 0 aromatic rings. The zero-order valence-electron chi connectivity index (χ0n) is 7.25. The first kappa shape index (κ1) is 8.50. The lowest BCUT2D eigenvalue weighted by atomic mass is 10.0. The first-order valence-corrected chi connectivity index (χ1v) is 4.06. The van der Waals surface area contributed by atoms with Crippen molar-refractivity contribution in [3.63, 3.8) is 0 Å². The molecule has 0 saturated heterocycles. The smallest absolute Gasteiger partial charge is 0.0455 e. The van der Waals surface area contributed by atoms with E-state index in [1.807, 2.05) is 7.05 Å². The molecule has 1 aliphatic rings. The number of nitrogens with two attached hydrogens (primary N) is 1. The summed E-state index contributed by atoms with van der Waals surface area (Å²) in [6.07, 6.45) is 8.95. The molecule has 0 radical (unpaired) electrons. The van der Waals surface area contributed by atoms with Crippen LogP contribution in [0.4, 0.5) is 0 Å². The highest BCUT2D eigenvalue weighted by molar-refractivity contribution is 5.26. The summed E-state index contributed by atoms with van der Waals surface area (Å²) < 4.78 is 0. The highest BCUT2D eigenvalue weighted by Crippen LogP contribution is 2.14. The van der Waals surface area contributed by atoms with Crippen LogP contribution >= 0.6 is 0 Å². The second kappa shape index (κ2) is 3.69. The second-order valence-electron chi connectivity index (χ2n) is 3.03. The summed E-state index contributed by atoms with van der Waals surface area (Å²) in [6, 6.07) is 0.339. The number of allylic oxidation sites excluding steroid dienone is 2. The van der Waals surface area contributed by atoms with Gasteiger partial charge in [-0.2, -0.15) is 0 Å². The molecular weight excluding hydrogens is 136 g/mol. The molecule has 0 unspecified atom stereocenters. The van der Waals surface area contributed by atoms with Crippen molar-refractivity contribution in [2.24, 2.45) is 5.84 Å². The Morgan fingerprint density at radius 1 is 1.55 bits per heavy atom. The summed E-state index contributed by atoms with van der Waals surface area (Å²) in [5, 5.41) is 1.74. The van der Waals surface area contributed by atoms with Crippen molar-refractivity contribution in [3.8, 4) is 0 Å². The van der Waals surface area contributed by atoms with Crippen LogP contribution in [-0.2, 0) is 0 Å². The van der Waals surface area contributed by atoms with E-state index >= 15 is 0 Å². The first-order chi connectivity index (χ1) is 5.22. The van der Waals surface area contributed by atoms with Gasteiger partial charge in [0.05, 0.1) is 0 Å². The van der Waals surface area contributed by atoms with E-state index in [1.165, 1.54) is 12.0 Å². The zero-order chi connectivity index (χ0) is 8.27. The molecule has 0 bridgehead atoms. The van der Waals surface area contributed by atoms with Gasteiger partial charge in [-0.15, -0.1) is 0 Å². The number of hydrogen-bond donors (Lipinski definition) is 1. The van der Waals surface area contributed by atoms with E-state index in [0.29, 0.717) is 6.04 Å². The summed E-state index contributed by atoms with van der Waals surface area (Å²) in [6.45, 7) is 2.11. The lowest BCUT2D eigenvalue weighted by Gasteiger charge is -2.21. The van der Waals surface area contributed by atoms with E-state index in [1.54, 1.807) is 5.01 Å². The minimum Gasteiger partial charge on any atom is -0.268 e.